The number of likely N-dealkylation sites (tertiary alicyclic amines) is 1. The van der Waals surface area contributed by atoms with E-state index in [1.807, 2.05) is 11.6 Å². The highest BCUT2D eigenvalue weighted by molar-refractivity contribution is 7.12. The standard InChI is InChI=1S/C15H19N3S/c1-3-12-6-9-17(14(12)5-1)11-13-4-2-8-18(13)15-16-7-10-19-15/h2,4,7-8,10,12,14H,1,3,5-6,9,11H2/t12-,14-/m1/s1. The minimum Gasteiger partial charge on any atom is -0.296 e. The first-order valence-corrected chi connectivity index (χ1v) is 8.10. The van der Waals surface area contributed by atoms with E-state index in [1.54, 1.807) is 11.3 Å². The molecule has 100 valence electrons. The normalized spacial score (nSPS) is 26.9. The Bertz CT molecular complexity index is 546. The minimum atomic E-state index is 0.847. The minimum absolute atomic E-state index is 0.847. The highest BCUT2D eigenvalue weighted by Gasteiger charge is 2.37. The van der Waals surface area contributed by atoms with Gasteiger partial charge in [-0.3, -0.25) is 9.47 Å². The van der Waals surface area contributed by atoms with Crippen LogP contribution in [0.3, 0.4) is 0 Å². The first-order valence-electron chi connectivity index (χ1n) is 7.22. The van der Waals surface area contributed by atoms with Crippen LogP contribution in [-0.2, 0) is 6.54 Å². The Morgan fingerprint density at radius 3 is 3.21 bits per heavy atom. The second kappa shape index (κ2) is 4.76. The Morgan fingerprint density at radius 2 is 2.32 bits per heavy atom. The van der Waals surface area contributed by atoms with Crippen LogP contribution < -0.4 is 0 Å². The molecule has 4 heteroatoms. The molecular formula is C15H19N3S. The van der Waals surface area contributed by atoms with Crippen molar-refractivity contribution in [3.8, 4) is 5.13 Å². The number of hydrogen-bond donors (Lipinski definition) is 0. The number of thiazole rings is 1. The van der Waals surface area contributed by atoms with Gasteiger partial charge in [-0.15, -0.1) is 11.3 Å². The molecule has 0 unspecified atom stereocenters. The maximum Gasteiger partial charge on any atom is 0.193 e. The number of rotatable bonds is 3. The van der Waals surface area contributed by atoms with Gasteiger partial charge in [-0.25, -0.2) is 4.98 Å². The van der Waals surface area contributed by atoms with Crippen LogP contribution in [0.5, 0.6) is 0 Å². The summed E-state index contributed by atoms with van der Waals surface area (Å²) in [5, 5.41) is 3.13. The lowest BCUT2D eigenvalue weighted by Gasteiger charge is -2.23. The number of hydrogen-bond acceptors (Lipinski definition) is 3. The van der Waals surface area contributed by atoms with E-state index in [4.69, 9.17) is 0 Å². The van der Waals surface area contributed by atoms with E-state index >= 15 is 0 Å². The topological polar surface area (TPSA) is 21.1 Å². The molecule has 2 aromatic heterocycles. The van der Waals surface area contributed by atoms with Gasteiger partial charge in [0.05, 0.1) is 0 Å². The van der Waals surface area contributed by atoms with Gasteiger partial charge in [0.15, 0.2) is 5.13 Å². The zero-order chi connectivity index (χ0) is 12.7. The summed E-state index contributed by atoms with van der Waals surface area (Å²) < 4.78 is 2.24. The van der Waals surface area contributed by atoms with Crippen LogP contribution in [-0.4, -0.2) is 27.0 Å². The van der Waals surface area contributed by atoms with Crippen molar-refractivity contribution in [2.75, 3.05) is 6.54 Å². The molecule has 4 rings (SSSR count). The Morgan fingerprint density at radius 1 is 1.32 bits per heavy atom. The molecule has 1 saturated heterocycles. The van der Waals surface area contributed by atoms with Crippen LogP contribution in [0.1, 0.15) is 31.4 Å². The Balaban J connectivity index is 1.56. The first kappa shape index (κ1) is 11.7. The number of fused-ring (bicyclic) bond motifs is 1. The molecule has 1 aliphatic heterocycles. The average molecular weight is 273 g/mol. The molecule has 0 aromatic carbocycles. The molecule has 2 aromatic rings. The van der Waals surface area contributed by atoms with E-state index in [9.17, 15) is 0 Å². The fourth-order valence-corrected chi connectivity index (χ4v) is 4.46. The average Bonchev–Trinajstić information content (AvgIpc) is 3.15. The molecule has 0 N–H and O–H groups in total. The van der Waals surface area contributed by atoms with Crippen molar-refractivity contribution >= 4 is 11.3 Å². The summed E-state index contributed by atoms with van der Waals surface area (Å²) in [5.74, 6) is 0.975. The monoisotopic (exact) mass is 273 g/mol. The third-order valence-corrected chi connectivity index (χ3v) is 5.47. The predicted octanol–water partition coefficient (Wildman–Crippen LogP) is 3.31. The van der Waals surface area contributed by atoms with E-state index in [1.165, 1.54) is 37.9 Å². The summed E-state index contributed by atoms with van der Waals surface area (Å²) in [6, 6.07) is 5.22. The Labute approximate surface area is 117 Å². The molecule has 0 radical (unpaired) electrons. The van der Waals surface area contributed by atoms with Crippen molar-refractivity contribution in [1.82, 2.24) is 14.5 Å². The van der Waals surface area contributed by atoms with Crippen LogP contribution in [0.25, 0.3) is 5.13 Å². The molecule has 3 heterocycles. The van der Waals surface area contributed by atoms with Crippen LogP contribution in [0.2, 0.25) is 0 Å². The van der Waals surface area contributed by atoms with Crippen LogP contribution in [0.15, 0.2) is 29.9 Å². The smallest absolute Gasteiger partial charge is 0.193 e. The van der Waals surface area contributed by atoms with Gasteiger partial charge < -0.3 is 0 Å². The van der Waals surface area contributed by atoms with Gasteiger partial charge in [-0.05, 0) is 43.9 Å². The molecule has 2 aliphatic rings. The zero-order valence-electron chi connectivity index (χ0n) is 11.0. The van der Waals surface area contributed by atoms with Crippen molar-refractivity contribution < 1.29 is 0 Å². The molecule has 0 spiro atoms. The molecule has 2 fully saturated rings. The molecule has 0 bridgehead atoms. The zero-order valence-corrected chi connectivity index (χ0v) is 11.9. The van der Waals surface area contributed by atoms with Crippen molar-refractivity contribution in [3.63, 3.8) is 0 Å². The van der Waals surface area contributed by atoms with Gasteiger partial charge in [0.1, 0.15) is 0 Å². The van der Waals surface area contributed by atoms with Gasteiger partial charge in [0.2, 0.25) is 0 Å². The fraction of sp³-hybridized carbons (Fsp3) is 0.533. The summed E-state index contributed by atoms with van der Waals surface area (Å²) in [6.45, 7) is 2.35. The van der Waals surface area contributed by atoms with Gasteiger partial charge in [-0.2, -0.15) is 0 Å². The lowest BCUT2D eigenvalue weighted by Crippen LogP contribution is -2.30. The van der Waals surface area contributed by atoms with E-state index < -0.39 is 0 Å². The van der Waals surface area contributed by atoms with Crippen LogP contribution in [0.4, 0.5) is 0 Å². The first-order chi connectivity index (χ1) is 9.42. The predicted molar refractivity (Wildman–Crippen MR) is 77.6 cm³/mol. The van der Waals surface area contributed by atoms with Crippen LogP contribution in [0, 0.1) is 5.92 Å². The van der Waals surface area contributed by atoms with Crippen molar-refractivity contribution in [2.24, 2.45) is 5.92 Å². The van der Waals surface area contributed by atoms with Gasteiger partial charge >= 0.3 is 0 Å². The van der Waals surface area contributed by atoms with Crippen molar-refractivity contribution in [3.05, 3.63) is 35.6 Å². The fourth-order valence-electron chi connectivity index (χ4n) is 3.80. The number of nitrogens with zero attached hydrogens (tertiary/aromatic N) is 3. The lowest BCUT2D eigenvalue weighted by molar-refractivity contribution is 0.229. The van der Waals surface area contributed by atoms with Crippen molar-refractivity contribution in [2.45, 2.75) is 38.3 Å². The summed E-state index contributed by atoms with van der Waals surface area (Å²) in [7, 11) is 0. The second-order valence-corrected chi connectivity index (χ2v) is 6.57. The SMILES string of the molecule is c1cc(CN2CC[C@H]3CCC[C@H]32)n(-c2nccs2)c1. The summed E-state index contributed by atoms with van der Waals surface area (Å²) in [5.41, 5.74) is 1.38. The van der Waals surface area contributed by atoms with Gasteiger partial charge in [0.25, 0.3) is 0 Å². The molecule has 19 heavy (non-hydrogen) atoms. The quantitative estimate of drug-likeness (QED) is 0.855. The maximum atomic E-state index is 4.42. The third-order valence-electron chi connectivity index (χ3n) is 4.70. The van der Waals surface area contributed by atoms with E-state index in [2.05, 4.69) is 32.8 Å². The molecule has 1 saturated carbocycles. The maximum absolute atomic E-state index is 4.42. The Kier molecular flexibility index (Phi) is 2.93. The van der Waals surface area contributed by atoms with Crippen LogP contribution >= 0.6 is 11.3 Å². The van der Waals surface area contributed by atoms with E-state index in [0.717, 1.165) is 23.6 Å². The molecule has 3 nitrogen and oxygen atoms in total. The molecule has 2 atom stereocenters. The summed E-state index contributed by atoms with van der Waals surface area (Å²) in [4.78, 5) is 7.11. The molecular weight excluding hydrogens is 254 g/mol. The number of aromatic nitrogens is 2. The lowest BCUT2D eigenvalue weighted by atomic mass is 10.0. The van der Waals surface area contributed by atoms with E-state index in [0.29, 0.717) is 0 Å². The third kappa shape index (κ3) is 2.03. The molecule has 0 amide bonds. The van der Waals surface area contributed by atoms with Gasteiger partial charge in [-0.1, -0.05) is 6.42 Å². The molecule has 1 aliphatic carbocycles. The largest absolute Gasteiger partial charge is 0.296 e. The Hall–Kier alpha value is -1.13. The van der Waals surface area contributed by atoms with Gasteiger partial charge in [0, 0.05) is 36.1 Å². The summed E-state index contributed by atoms with van der Waals surface area (Å²) >= 11 is 1.71. The second-order valence-electron chi connectivity index (χ2n) is 5.70. The highest BCUT2D eigenvalue weighted by Crippen LogP contribution is 2.38. The highest BCUT2D eigenvalue weighted by atomic mass is 32.1. The summed E-state index contributed by atoms with van der Waals surface area (Å²) in [6.07, 6.45) is 9.71. The van der Waals surface area contributed by atoms with Crippen molar-refractivity contribution in [1.29, 1.82) is 0 Å². The van der Waals surface area contributed by atoms with E-state index in [-0.39, 0.29) is 0 Å².